The van der Waals surface area contributed by atoms with Crippen LogP contribution in [0.5, 0.6) is 11.5 Å². The summed E-state index contributed by atoms with van der Waals surface area (Å²) < 4.78 is 13.1. The molecule has 4 nitrogen and oxygen atoms in total. The van der Waals surface area contributed by atoms with Gasteiger partial charge in [-0.05, 0) is 53.6 Å². The number of terminal acetylenes is 1. The number of hydrogen-bond donors (Lipinski definition) is 3. The van der Waals surface area contributed by atoms with E-state index in [0.29, 0.717) is 22.4 Å². The highest BCUT2D eigenvalue weighted by Crippen LogP contribution is 2.32. The summed E-state index contributed by atoms with van der Waals surface area (Å²) in [5.74, 6) is 1.36. The smallest absolute Gasteiger partial charge is 0.264 e. The summed E-state index contributed by atoms with van der Waals surface area (Å²) in [7, 11) is 0. The number of halogens is 1. The number of phenolic OH excluding ortho intramolecular Hbond substituents is 2. The Morgan fingerprint density at radius 2 is 1.62 bits per heavy atom. The molecular formula is C19H12FNO3. The van der Waals surface area contributed by atoms with Gasteiger partial charge in [0, 0.05) is 11.3 Å². The zero-order valence-electron chi connectivity index (χ0n) is 12.4. The van der Waals surface area contributed by atoms with E-state index < -0.39 is 5.56 Å². The summed E-state index contributed by atoms with van der Waals surface area (Å²) in [6, 6.07) is 11.5. The number of H-pyrrole nitrogens is 1. The molecule has 0 atom stereocenters. The van der Waals surface area contributed by atoms with Gasteiger partial charge >= 0.3 is 0 Å². The van der Waals surface area contributed by atoms with Crippen molar-refractivity contribution in [2.24, 2.45) is 0 Å². The number of pyridine rings is 1. The fraction of sp³-hybridized carbons (Fsp3) is 0. The number of nitrogens with one attached hydrogen (secondary N) is 1. The van der Waals surface area contributed by atoms with E-state index in [-0.39, 0.29) is 22.9 Å². The predicted molar refractivity (Wildman–Crippen MR) is 89.2 cm³/mol. The van der Waals surface area contributed by atoms with Crippen LogP contribution in [-0.2, 0) is 0 Å². The lowest BCUT2D eigenvalue weighted by Crippen LogP contribution is -2.12. The Labute approximate surface area is 136 Å². The maximum Gasteiger partial charge on any atom is 0.264 e. The predicted octanol–water partition coefficient (Wildman–Crippen LogP) is 3.24. The summed E-state index contributed by atoms with van der Waals surface area (Å²) >= 11 is 0. The Morgan fingerprint density at radius 1 is 0.958 bits per heavy atom. The molecule has 0 aliphatic carbocycles. The summed E-state index contributed by atoms with van der Waals surface area (Å²) in [5, 5.41) is 19.1. The van der Waals surface area contributed by atoms with Crippen LogP contribution in [0.3, 0.4) is 0 Å². The number of aromatic nitrogens is 1. The van der Waals surface area contributed by atoms with Crippen molar-refractivity contribution in [2.75, 3.05) is 0 Å². The van der Waals surface area contributed by atoms with Gasteiger partial charge in [0.2, 0.25) is 0 Å². The fourth-order valence-corrected chi connectivity index (χ4v) is 2.41. The number of aromatic hydroxyl groups is 2. The average Bonchev–Trinajstić information content (AvgIpc) is 2.57. The Hall–Kier alpha value is -3.52. The molecular weight excluding hydrogens is 309 g/mol. The Bertz CT molecular complexity index is 1010. The van der Waals surface area contributed by atoms with Crippen molar-refractivity contribution in [1.29, 1.82) is 0 Å². The number of rotatable bonds is 2. The van der Waals surface area contributed by atoms with Crippen LogP contribution in [0.25, 0.3) is 22.4 Å². The van der Waals surface area contributed by atoms with Gasteiger partial charge in [0.15, 0.2) is 11.5 Å². The molecule has 1 heterocycles. The van der Waals surface area contributed by atoms with Crippen molar-refractivity contribution >= 4 is 0 Å². The van der Waals surface area contributed by atoms with E-state index in [1.165, 1.54) is 36.4 Å². The van der Waals surface area contributed by atoms with Crippen LogP contribution in [0.1, 0.15) is 5.56 Å². The molecule has 0 saturated heterocycles. The van der Waals surface area contributed by atoms with Gasteiger partial charge in [-0.3, -0.25) is 4.79 Å². The van der Waals surface area contributed by atoms with Crippen molar-refractivity contribution in [3.8, 4) is 46.2 Å². The molecule has 1 aromatic heterocycles. The lowest BCUT2D eigenvalue weighted by Gasteiger charge is -2.09. The second-order valence-corrected chi connectivity index (χ2v) is 5.16. The third kappa shape index (κ3) is 2.73. The maximum atomic E-state index is 13.1. The SMILES string of the molecule is C#Cc1c(-c2ccc(O)c(O)c2)cc(-c2ccc(F)cc2)[nH]c1=O. The van der Waals surface area contributed by atoms with Crippen LogP contribution in [-0.4, -0.2) is 15.2 Å². The highest BCUT2D eigenvalue weighted by molar-refractivity contribution is 5.76. The molecule has 24 heavy (non-hydrogen) atoms. The summed E-state index contributed by atoms with van der Waals surface area (Å²) in [5.41, 5.74) is 1.61. The van der Waals surface area contributed by atoms with Gasteiger partial charge in [0.05, 0.1) is 5.56 Å². The molecule has 0 unspecified atom stereocenters. The molecule has 0 fully saturated rings. The van der Waals surface area contributed by atoms with E-state index in [9.17, 15) is 19.4 Å². The molecule has 2 aromatic carbocycles. The van der Waals surface area contributed by atoms with E-state index >= 15 is 0 Å². The first-order valence-electron chi connectivity index (χ1n) is 7.02. The molecule has 0 aliphatic heterocycles. The van der Waals surface area contributed by atoms with Crippen molar-refractivity contribution in [3.05, 3.63) is 70.3 Å². The van der Waals surface area contributed by atoms with Crippen molar-refractivity contribution in [3.63, 3.8) is 0 Å². The van der Waals surface area contributed by atoms with Crippen LogP contribution >= 0.6 is 0 Å². The topological polar surface area (TPSA) is 73.3 Å². The quantitative estimate of drug-likeness (QED) is 0.501. The molecule has 0 bridgehead atoms. The third-order valence-corrected chi connectivity index (χ3v) is 3.62. The number of aromatic amines is 1. The molecule has 0 saturated carbocycles. The highest BCUT2D eigenvalue weighted by atomic mass is 19.1. The van der Waals surface area contributed by atoms with Crippen LogP contribution in [0.2, 0.25) is 0 Å². The van der Waals surface area contributed by atoms with E-state index in [2.05, 4.69) is 10.9 Å². The first-order chi connectivity index (χ1) is 11.5. The summed E-state index contributed by atoms with van der Waals surface area (Å²) in [4.78, 5) is 14.9. The first kappa shape index (κ1) is 15.4. The van der Waals surface area contributed by atoms with E-state index in [4.69, 9.17) is 6.42 Å². The van der Waals surface area contributed by atoms with Crippen LogP contribution in [0.4, 0.5) is 4.39 Å². The van der Waals surface area contributed by atoms with Crippen LogP contribution < -0.4 is 5.56 Å². The molecule has 118 valence electrons. The van der Waals surface area contributed by atoms with Gasteiger partial charge in [-0.25, -0.2) is 4.39 Å². The van der Waals surface area contributed by atoms with Gasteiger partial charge in [-0.1, -0.05) is 12.0 Å². The monoisotopic (exact) mass is 321 g/mol. The Kier molecular flexibility index (Phi) is 3.80. The summed E-state index contributed by atoms with van der Waals surface area (Å²) in [6.07, 6.45) is 5.43. The molecule has 5 heteroatoms. The Morgan fingerprint density at radius 3 is 2.25 bits per heavy atom. The molecule has 0 aliphatic rings. The summed E-state index contributed by atoms with van der Waals surface area (Å²) in [6.45, 7) is 0. The van der Waals surface area contributed by atoms with Crippen LogP contribution in [0, 0.1) is 18.2 Å². The fourth-order valence-electron chi connectivity index (χ4n) is 2.41. The van der Waals surface area contributed by atoms with E-state index in [1.807, 2.05) is 0 Å². The minimum atomic E-state index is -0.470. The molecule has 3 rings (SSSR count). The normalized spacial score (nSPS) is 10.3. The van der Waals surface area contributed by atoms with E-state index in [1.54, 1.807) is 12.1 Å². The zero-order valence-corrected chi connectivity index (χ0v) is 12.4. The molecule has 3 aromatic rings. The minimum Gasteiger partial charge on any atom is -0.504 e. The number of phenols is 2. The standard InChI is InChI=1S/C19H12FNO3/c1-2-14-15(12-5-8-17(22)18(23)9-12)10-16(21-19(14)24)11-3-6-13(20)7-4-11/h1,3-10,22-23H,(H,21,24). The second-order valence-electron chi connectivity index (χ2n) is 5.16. The van der Waals surface area contributed by atoms with Gasteiger partial charge < -0.3 is 15.2 Å². The van der Waals surface area contributed by atoms with Gasteiger partial charge in [0.25, 0.3) is 5.56 Å². The molecule has 0 radical (unpaired) electrons. The average molecular weight is 321 g/mol. The maximum absolute atomic E-state index is 13.1. The van der Waals surface area contributed by atoms with Gasteiger partial charge in [-0.2, -0.15) is 0 Å². The van der Waals surface area contributed by atoms with E-state index in [0.717, 1.165) is 0 Å². The molecule has 0 spiro atoms. The second kappa shape index (κ2) is 5.94. The van der Waals surface area contributed by atoms with Gasteiger partial charge in [-0.15, -0.1) is 6.42 Å². The zero-order chi connectivity index (χ0) is 17.3. The molecule has 0 amide bonds. The van der Waals surface area contributed by atoms with Crippen LogP contribution in [0.15, 0.2) is 53.3 Å². The van der Waals surface area contributed by atoms with Crippen molar-refractivity contribution in [1.82, 2.24) is 4.98 Å². The highest BCUT2D eigenvalue weighted by Gasteiger charge is 2.13. The van der Waals surface area contributed by atoms with Gasteiger partial charge in [0.1, 0.15) is 5.82 Å². The number of hydrogen-bond acceptors (Lipinski definition) is 3. The number of benzene rings is 2. The lowest BCUT2D eigenvalue weighted by atomic mass is 9.98. The molecule has 3 N–H and O–H groups in total. The largest absolute Gasteiger partial charge is 0.504 e. The van der Waals surface area contributed by atoms with Crippen molar-refractivity contribution in [2.45, 2.75) is 0 Å². The third-order valence-electron chi connectivity index (χ3n) is 3.62. The first-order valence-corrected chi connectivity index (χ1v) is 7.02. The minimum absolute atomic E-state index is 0.103. The van der Waals surface area contributed by atoms with Crippen molar-refractivity contribution < 1.29 is 14.6 Å². The lowest BCUT2D eigenvalue weighted by molar-refractivity contribution is 0.404. The Balaban J connectivity index is 2.24.